The highest BCUT2D eigenvalue weighted by Gasteiger charge is 2.34. The third-order valence-corrected chi connectivity index (χ3v) is 4.41. The summed E-state index contributed by atoms with van der Waals surface area (Å²) in [5.74, 6) is -0.958. The lowest BCUT2D eigenvalue weighted by atomic mass is 10.1. The molecule has 0 aliphatic carbocycles. The number of hydrogen-bond donors (Lipinski definition) is 1. The van der Waals surface area contributed by atoms with Crippen molar-refractivity contribution in [3.63, 3.8) is 0 Å². The highest BCUT2D eigenvalue weighted by Crippen LogP contribution is 2.28. The highest BCUT2D eigenvalue weighted by molar-refractivity contribution is 6.30. The average molecular weight is 427 g/mol. The Kier molecular flexibility index (Phi) is 5.92. The molecule has 0 aliphatic rings. The number of aromatic nitrogens is 5. The summed E-state index contributed by atoms with van der Waals surface area (Å²) in [5, 5.41) is 10.9. The van der Waals surface area contributed by atoms with E-state index in [4.69, 9.17) is 11.6 Å². The Morgan fingerprint density at radius 2 is 2.03 bits per heavy atom. The van der Waals surface area contributed by atoms with Crippen LogP contribution in [0.15, 0.2) is 36.7 Å². The molecule has 2 aromatic heterocycles. The van der Waals surface area contributed by atoms with Crippen LogP contribution in [0.4, 0.5) is 19.1 Å². The normalized spacial score (nSPS) is 12.8. The number of alkyl halides is 3. The fourth-order valence-corrected chi connectivity index (χ4v) is 2.87. The Bertz CT molecular complexity index is 1010. The lowest BCUT2D eigenvalue weighted by Gasteiger charge is -2.12. The molecule has 0 aliphatic heterocycles. The number of rotatable bonds is 6. The molecule has 0 bridgehead atoms. The molecule has 0 fully saturated rings. The number of hydrogen-bond acceptors (Lipinski definition) is 4. The van der Waals surface area contributed by atoms with Crippen LogP contribution in [0.3, 0.4) is 0 Å². The number of nitrogens with one attached hydrogen (secondary N) is 1. The summed E-state index contributed by atoms with van der Waals surface area (Å²) in [7, 11) is 0. The van der Waals surface area contributed by atoms with E-state index in [0.29, 0.717) is 17.3 Å². The van der Waals surface area contributed by atoms with E-state index in [0.717, 1.165) is 16.3 Å². The number of benzene rings is 1. The molecule has 0 radical (unpaired) electrons. The van der Waals surface area contributed by atoms with Crippen LogP contribution in [0, 0.1) is 12.8 Å². The minimum Gasteiger partial charge on any atom is -0.293 e. The van der Waals surface area contributed by atoms with Gasteiger partial charge in [-0.05, 0) is 30.7 Å². The first-order valence-corrected chi connectivity index (χ1v) is 9.06. The van der Waals surface area contributed by atoms with Crippen LogP contribution in [0.5, 0.6) is 0 Å². The number of amides is 1. The monoisotopic (exact) mass is 426 g/mol. The van der Waals surface area contributed by atoms with Gasteiger partial charge >= 0.3 is 6.18 Å². The summed E-state index contributed by atoms with van der Waals surface area (Å²) in [4.78, 5) is 16.4. The first-order valence-electron chi connectivity index (χ1n) is 8.68. The Labute approximate surface area is 169 Å². The van der Waals surface area contributed by atoms with E-state index in [2.05, 4.69) is 20.5 Å². The molecule has 1 N–H and O–H groups in total. The molecule has 3 rings (SSSR count). The summed E-state index contributed by atoms with van der Waals surface area (Å²) in [6.45, 7) is 3.52. The van der Waals surface area contributed by atoms with Crippen molar-refractivity contribution in [3.8, 4) is 0 Å². The lowest BCUT2D eigenvalue weighted by molar-refractivity contribution is -0.141. The maximum absolute atomic E-state index is 12.8. The predicted molar refractivity (Wildman–Crippen MR) is 100 cm³/mol. The molecule has 1 unspecified atom stereocenters. The third-order valence-electron chi connectivity index (χ3n) is 4.17. The van der Waals surface area contributed by atoms with E-state index < -0.39 is 23.7 Å². The molecule has 154 valence electrons. The van der Waals surface area contributed by atoms with Gasteiger partial charge in [-0.2, -0.15) is 18.3 Å². The van der Waals surface area contributed by atoms with E-state index in [1.807, 2.05) is 12.1 Å². The third kappa shape index (κ3) is 5.35. The van der Waals surface area contributed by atoms with E-state index in [9.17, 15) is 18.0 Å². The van der Waals surface area contributed by atoms with Gasteiger partial charge in [0.1, 0.15) is 6.33 Å². The summed E-state index contributed by atoms with van der Waals surface area (Å²) >= 11 is 5.95. The first-order chi connectivity index (χ1) is 13.6. The standard InChI is InChI=1S/C18H18ClF3N6O/c1-11(8-28-12(2)6-15(25-28)18(20,21)22)16(29)24-17-23-10-27(26-17)9-13-4-3-5-14(19)7-13/h3-7,10-11H,8-9H2,1-2H3,(H,24,26,29). The Hall–Kier alpha value is -2.88. The number of carbonyl (C=O) groups excluding carboxylic acids is 1. The Morgan fingerprint density at radius 3 is 2.69 bits per heavy atom. The second kappa shape index (κ2) is 8.24. The van der Waals surface area contributed by atoms with Crippen LogP contribution in [0.1, 0.15) is 23.9 Å². The van der Waals surface area contributed by atoms with Gasteiger partial charge in [0.2, 0.25) is 11.9 Å². The number of halogens is 4. The van der Waals surface area contributed by atoms with Crippen LogP contribution in [-0.4, -0.2) is 30.5 Å². The topological polar surface area (TPSA) is 77.6 Å². The van der Waals surface area contributed by atoms with Gasteiger partial charge in [0.25, 0.3) is 0 Å². The minimum atomic E-state index is -4.53. The number of anilines is 1. The van der Waals surface area contributed by atoms with Gasteiger partial charge in [-0.15, -0.1) is 5.10 Å². The summed E-state index contributed by atoms with van der Waals surface area (Å²) < 4.78 is 41.0. The molecule has 11 heteroatoms. The molecular weight excluding hydrogens is 409 g/mol. The molecule has 1 amide bonds. The van der Waals surface area contributed by atoms with E-state index in [-0.39, 0.29) is 12.5 Å². The number of aryl methyl sites for hydroxylation is 1. The molecule has 1 aromatic carbocycles. The minimum absolute atomic E-state index is 0.00301. The predicted octanol–water partition coefficient (Wildman–Crippen LogP) is 3.78. The summed E-state index contributed by atoms with van der Waals surface area (Å²) in [5.41, 5.74) is 0.258. The van der Waals surface area contributed by atoms with Crippen LogP contribution in [0.2, 0.25) is 5.02 Å². The van der Waals surface area contributed by atoms with Crippen molar-refractivity contribution in [3.05, 3.63) is 58.6 Å². The SMILES string of the molecule is Cc1cc(C(F)(F)F)nn1CC(C)C(=O)Nc1ncn(Cc2cccc(Cl)c2)n1. The maximum Gasteiger partial charge on any atom is 0.435 e. The molecule has 2 heterocycles. The van der Waals surface area contributed by atoms with Gasteiger partial charge in [0, 0.05) is 10.7 Å². The maximum atomic E-state index is 12.8. The second-order valence-electron chi connectivity index (χ2n) is 6.64. The van der Waals surface area contributed by atoms with Gasteiger partial charge in [0.15, 0.2) is 5.69 Å². The van der Waals surface area contributed by atoms with Gasteiger partial charge in [-0.25, -0.2) is 9.67 Å². The van der Waals surface area contributed by atoms with Crippen molar-refractivity contribution >= 4 is 23.5 Å². The fraction of sp³-hybridized carbons (Fsp3) is 0.333. The van der Waals surface area contributed by atoms with E-state index >= 15 is 0 Å². The number of carbonyl (C=O) groups is 1. The molecule has 3 aromatic rings. The quantitative estimate of drug-likeness (QED) is 0.650. The van der Waals surface area contributed by atoms with Crippen molar-refractivity contribution in [2.45, 2.75) is 33.1 Å². The van der Waals surface area contributed by atoms with Crippen molar-refractivity contribution in [1.29, 1.82) is 0 Å². The van der Waals surface area contributed by atoms with E-state index in [1.165, 1.54) is 13.3 Å². The Morgan fingerprint density at radius 1 is 1.28 bits per heavy atom. The highest BCUT2D eigenvalue weighted by atomic mass is 35.5. The van der Waals surface area contributed by atoms with Crippen molar-refractivity contribution in [1.82, 2.24) is 24.5 Å². The zero-order chi connectivity index (χ0) is 21.2. The largest absolute Gasteiger partial charge is 0.435 e. The lowest BCUT2D eigenvalue weighted by Crippen LogP contribution is -2.26. The average Bonchev–Trinajstić information content (AvgIpc) is 3.21. The molecule has 7 nitrogen and oxygen atoms in total. The zero-order valence-corrected chi connectivity index (χ0v) is 16.4. The van der Waals surface area contributed by atoms with Crippen molar-refractivity contribution < 1.29 is 18.0 Å². The second-order valence-corrected chi connectivity index (χ2v) is 7.07. The smallest absolute Gasteiger partial charge is 0.293 e. The number of nitrogens with zero attached hydrogens (tertiary/aromatic N) is 5. The van der Waals surface area contributed by atoms with Crippen LogP contribution < -0.4 is 5.32 Å². The van der Waals surface area contributed by atoms with Crippen LogP contribution in [-0.2, 0) is 24.1 Å². The fourth-order valence-electron chi connectivity index (χ4n) is 2.66. The van der Waals surface area contributed by atoms with Gasteiger partial charge in [0.05, 0.1) is 19.0 Å². The molecule has 29 heavy (non-hydrogen) atoms. The van der Waals surface area contributed by atoms with Crippen molar-refractivity contribution in [2.75, 3.05) is 5.32 Å². The van der Waals surface area contributed by atoms with Gasteiger partial charge in [-0.3, -0.25) is 14.8 Å². The van der Waals surface area contributed by atoms with Crippen LogP contribution in [0.25, 0.3) is 0 Å². The summed E-state index contributed by atoms with van der Waals surface area (Å²) in [6, 6.07) is 8.21. The molecular formula is C18H18ClF3N6O. The molecule has 1 atom stereocenters. The molecule has 0 saturated carbocycles. The Balaban J connectivity index is 1.60. The van der Waals surface area contributed by atoms with Crippen LogP contribution >= 0.6 is 11.6 Å². The molecule has 0 saturated heterocycles. The van der Waals surface area contributed by atoms with Crippen molar-refractivity contribution in [2.24, 2.45) is 5.92 Å². The molecule has 0 spiro atoms. The van der Waals surface area contributed by atoms with Gasteiger partial charge in [-0.1, -0.05) is 30.7 Å². The van der Waals surface area contributed by atoms with Gasteiger partial charge < -0.3 is 0 Å². The summed E-state index contributed by atoms with van der Waals surface area (Å²) in [6.07, 6.45) is -3.06. The zero-order valence-electron chi connectivity index (χ0n) is 15.6. The first kappa shape index (κ1) is 20.8. The van der Waals surface area contributed by atoms with E-state index in [1.54, 1.807) is 23.7 Å².